The molecule has 1 N–H and O–H groups in total. The van der Waals surface area contributed by atoms with Gasteiger partial charge in [-0.25, -0.2) is 9.69 Å². The topological polar surface area (TPSA) is 69.7 Å². The molecule has 6 nitrogen and oxygen atoms in total. The second kappa shape index (κ2) is 8.52. The van der Waals surface area contributed by atoms with Gasteiger partial charge in [0.05, 0.1) is 11.2 Å². The van der Waals surface area contributed by atoms with Gasteiger partial charge in [0.15, 0.2) is 0 Å². The number of carbonyl (C=O) groups is 3. The Bertz CT molecular complexity index is 1330. The molecule has 6 heteroatoms. The number of anilines is 2. The second-order valence-corrected chi connectivity index (χ2v) is 10.3. The molecule has 2 aliphatic heterocycles. The third-order valence-electron chi connectivity index (χ3n) is 6.99. The van der Waals surface area contributed by atoms with Crippen molar-refractivity contribution in [1.82, 2.24) is 5.32 Å². The number of benzene rings is 2. The molecule has 0 spiro atoms. The van der Waals surface area contributed by atoms with E-state index in [4.69, 9.17) is 0 Å². The van der Waals surface area contributed by atoms with Gasteiger partial charge in [-0.15, -0.1) is 0 Å². The number of barbiturate groups is 1. The summed E-state index contributed by atoms with van der Waals surface area (Å²) in [6.45, 7) is 16.6. The molecule has 2 aliphatic rings. The van der Waals surface area contributed by atoms with E-state index in [-0.39, 0.29) is 11.1 Å². The first-order chi connectivity index (χ1) is 16.3. The molecule has 2 aromatic carbocycles. The van der Waals surface area contributed by atoms with Crippen LogP contribution in [0.1, 0.15) is 62.4 Å². The SMILES string of the molecule is CC1=CC(C)(C)N(C(C)C)c2cc(C)c(/C=C3\C(=O)NC(=O)N(c4cccc(C)c4C)C3=O)cc21. The molecule has 0 unspecified atom stereocenters. The van der Waals surface area contributed by atoms with Crippen LogP contribution in [0.2, 0.25) is 0 Å². The zero-order chi connectivity index (χ0) is 25.8. The molecule has 2 aromatic rings. The minimum absolute atomic E-state index is 0.0629. The quantitative estimate of drug-likeness (QED) is 0.461. The Labute approximate surface area is 207 Å². The van der Waals surface area contributed by atoms with Crippen molar-refractivity contribution in [2.75, 3.05) is 9.80 Å². The molecule has 1 fully saturated rings. The molecule has 0 aliphatic carbocycles. The number of urea groups is 1. The van der Waals surface area contributed by atoms with Crippen LogP contribution in [-0.2, 0) is 9.59 Å². The summed E-state index contributed by atoms with van der Waals surface area (Å²) < 4.78 is 0. The fourth-order valence-electron chi connectivity index (χ4n) is 5.32. The number of hydrogen-bond donors (Lipinski definition) is 1. The van der Waals surface area contributed by atoms with Gasteiger partial charge in [-0.1, -0.05) is 18.2 Å². The van der Waals surface area contributed by atoms with Crippen molar-refractivity contribution in [3.63, 3.8) is 0 Å². The Balaban J connectivity index is 1.83. The lowest BCUT2D eigenvalue weighted by molar-refractivity contribution is -0.122. The Kier molecular flexibility index (Phi) is 5.95. The van der Waals surface area contributed by atoms with Crippen molar-refractivity contribution in [2.45, 2.75) is 67.0 Å². The molecule has 182 valence electrons. The average Bonchev–Trinajstić information content (AvgIpc) is 2.73. The molecule has 4 rings (SSSR count). The number of nitrogens with zero attached hydrogens (tertiary/aromatic N) is 2. The molecule has 2 heterocycles. The number of fused-ring (bicyclic) bond motifs is 1. The van der Waals surface area contributed by atoms with Crippen LogP contribution in [0.25, 0.3) is 11.6 Å². The first-order valence-corrected chi connectivity index (χ1v) is 11.9. The average molecular weight is 472 g/mol. The van der Waals surface area contributed by atoms with Crippen LogP contribution < -0.4 is 15.1 Å². The monoisotopic (exact) mass is 471 g/mol. The van der Waals surface area contributed by atoms with Crippen LogP contribution in [0.3, 0.4) is 0 Å². The zero-order valence-corrected chi connectivity index (χ0v) is 21.7. The molecule has 0 bridgehead atoms. The fourth-order valence-corrected chi connectivity index (χ4v) is 5.32. The van der Waals surface area contributed by atoms with E-state index in [1.54, 1.807) is 18.2 Å². The summed E-state index contributed by atoms with van der Waals surface area (Å²) in [5, 5.41) is 2.34. The van der Waals surface area contributed by atoms with E-state index in [0.29, 0.717) is 11.7 Å². The van der Waals surface area contributed by atoms with Crippen molar-refractivity contribution in [3.05, 3.63) is 69.8 Å². The van der Waals surface area contributed by atoms with Crippen molar-refractivity contribution in [1.29, 1.82) is 0 Å². The van der Waals surface area contributed by atoms with Gasteiger partial charge < -0.3 is 4.90 Å². The highest BCUT2D eigenvalue weighted by Crippen LogP contribution is 2.42. The van der Waals surface area contributed by atoms with Crippen LogP contribution in [0.5, 0.6) is 0 Å². The van der Waals surface area contributed by atoms with Gasteiger partial charge in [-0.2, -0.15) is 0 Å². The number of allylic oxidation sites excluding steroid dienone is 1. The number of imide groups is 2. The summed E-state index contributed by atoms with van der Waals surface area (Å²) in [4.78, 5) is 42.3. The maximum absolute atomic E-state index is 13.5. The maximum atomic E-state index is 13.5. The largest absolute Gasteiger partial charge is 0.360 e. The smallest absolute Gasteiger partial charge is 0.335 e. The van der Waals surface area contributed by atoms with Crippen molar-refractivity contribution < 1.29 is 14.4 Å². The summed E-state index contributed by atoms with van der Waals surface area (Å²) in [6, 6.07) is 9.14. The summed E-state index contributed by atoms with van der Waals surface area (Å²) in [5.74, 6) is -1.31. The summed E-state index contributed by atoms with van der Waals surface area (Å²) in [5.41, 5.74) is 7.11. The Morgan fingerprint density at radius 1 is 0.943 bits per heavy atom. The summed E-state index contributed by atoms with van der Waals surface area (Å²) >= 11 is 0. The van der Waals surface area contributed by atoms with E-state index in [9.17, 15) is 14.4 Å². The molecular formula is C29H33N3O3. The molecule has 1 saturated heterocycles. The maximum Gasteiger partial charge on any atom is 0.335 e. The van der Waals surface area contributed by atoms with E-state index in [1.807, 2.05) is 32.9 Å². The number of hydrogen-bond acceptors (Lipinski definition) is 4. The van der Waals surface area contributed by atoms with Crippen LogP contribution in [0, 0.1) is 20.8 Å². The van der Waals surface area contributed by atoms with Crippen molar-refractivity contribution >= 4 is 40.9 Å². The predicted octanol–water partition coefficient (Wildman–Crippen LogP) is 5.69. The lowest BCUT2D eigenvalue weighted by Crippen LogP contribution is -2.54. The van der Waals surface area contributed by atoms with E-state index >= 15 is 0 Å². The molecule has 0 saturated carbocycles. The van der Waals surface area contributed by atoms with E-state index in [0.717, 1.165) is 44.0 Å². The van der Waals surface area contributed by atoms with Gasteiger partial charge in [0.1, 0.15) is 5.57 Å². The number of amides is 4. The van der Waals surface area contributed by atoms with Crippen LogP contribution >= 0.6 is 0 Å². The van der Waals surface area contributed by atoms with Gasteiger partial charge in [0.25, 0.3) is 11.8 Å². The number of nitrogens with one attached hydrogen (secondary N) is 1. The normalized spacial score (nSPS) is 18.7. The Morgan fingerprint density at radius 3 is 2.29 bits per heavy atom. The van der Waals surface area contributed by atoms with E-state index < -0.39 is 17.8 Å². The Hall–Kier alpha value is -3.67. The van der Waals surface area contributed by atoms with Crippen LogP contribution in [-0.4, -0.2) is 29.4 Å². The van der Waals surface area contributed by atoms with Gasteiger partial charge in [-0.3, -0.25) is 14.9 Å². The summed E-state index contributed by atoms with van der Waals surface area (Å²) in [7, 11) is 0. The number of rotatable bonds is 3. The van der Waals surface area contributed by atoms with Crippen LogP contribution in [0.4, 0.5) is 16.2 Å². The van der Waals surface area contributed by atoms with Gasteiger partial charge >= 0.3 is 6.03 Å². The minimum atomic E-state index is -0.735. The van der Waals surface area contributed by atoms with Gasteiger partial charge in [0.2, 0.25) is 0 Å². The molecule has 4 amide bonds. The minimum Gasteiger partial charge on any atom is -0.360 e. The highest BCUT2D eigenvalue weighted by molar-refractivity contribution is 6.39. The molecule has 0 atom stereocenters. The highest BCUT2D eigenvalue weighted by atomic mass is 16.2. The predicted molar refractivity (Wildman–Crippen MR) is 141 cm³/mol. The van der Waals surface area contributed by atoms with Gasteiger partial charge in [-0.05, 0) is 107 Å². The van der Waals surface area contributed by atoms with Crippen LogP contribution in [0.15, 0.2) is 42.0 Å². The lowest BCUT2D eigenvalue weighted by Gasteiger charge is -2.46. The fraction of sp³-hybridized carbons (Fsp3) is 0.345. The van der Waals surface area contributed by atoms with E-state index in [2.05, 4.69) is 57.0 Å². The molecule has 0 aromatic heterocycles. The lowest BCUT2D eigenvalue weighted by atomic mass is 9.85. The number of carbonyl (C=O) groups excluding carboxylic acids is 3. The molecular weight excluding hydrogens is 438 g/mol. The standard InChI is InChI=1S/C29H33N3O3/c1-16(2)32-25-12-18(4)21(13-22(25)19(5)15-29(32,7)8)14-23-26(33)30-28(35)31(27(23)34)24-11-9-10-17(3)20(24)6/h9-16H,1-8H3,(H,30,33,35)/b23-14+. The summed E-state index contributed by atoms with van der Waals surface area (Å²) in [6.07, 6.45) is 3.85. The van der Waals surface area contributed by atoms with Crippen molar-refractivity contribution in [3.8, 4) is 0 Å². The Morgan fingerprint density at radius 2 is 1.63 bits per heavy atom. The number of aryl methyl sites for hydroxylation is 2. The zero-order valence-electron chi connectivity index (χ0n) is 21.7. The van der Waals surface area contributed by atoms with E-state index in [1.165, 1.54) is 0 Å². The third-order valence-corrected chi connectivity index (χ3v) is 6.99. The molecule has 0 radical (unpaired) electrons. The first kappa shape index (κ1) is 24.5. The molecule has 35 heavy (non-hydrogen) atoms. The highest BCUT2D eigenvalue weighted by Gasteiger charge is 2.38. The second-order valence-electron chi connectivity index (χ2n) is 10.3. The third kappa shape index (κ3) is 4.07. The van der Waals surface area contributed by atoms with Crippen molar-refractivity contribution in [2.24, 2.45) is 0 Å². The van der Waals surface area contributed by atoms with Gasteiger partial charge in [0, 0.05) is 17.3 Å². The first-order valence-electron chi connectivity index (χ1n) is 11.9.